The molecule has 0 radical (unpaired) electrons. The van der Waals surface area contributed by atoms with E-state index in [0.717, 1.165) is 5.56 Å². The molecule has 2 fully saturated rings. The zero-order valence-electron chi connectivity index (χ0n) is 9.95. The highest BCUT2D eigenvalue weighted by molar-refractivity contribution is 5.52. The molecule has 0 amide bonds. The SMILES string of the molecule is N#Cc1ccc(N2CC3(CCNCC3)C2)cc1. The molecule has 0 atom stereocenters. The Morgan fingerprint density at radius 1 is 1.12 bits per heavy atom. The smallest absolute Gasteiger partial charge is 0.0991 e. The summed E-state index contributed by atoms with van der Waals surface area (Å²) in [4.78, 5) is 2.42. The van der Waals surface area contributed by atoms with Gasteiger partial charge in [0, 0.05) is 24.2 Å². The molecule has 3 rings (SSSR count). The molecule has 0 bridgehead atoms. The highest BCUT2D eigenvalue weighted by Crippen LogP contribution is 2.40. The largest absolute Gasteiger partial charge is 0.370 e. The number of nitrogens with zero attached hydrogens (tertiary/aromatic N) is 2. The summed E-state index contributed by atoms with van der Waals surface area (Å²) in [5.41, 5.74) is 2.57. The molecule has 3 heteroatoms. The lowest BCUT2D eigenvalue weighted by atomic mass is 9.72. The van der Waals surface area contributed by atoms with Crippen molar-refractivity contribution in [2.75, 3.05) is 31.1 Å². The van der Waals surface area contributed by atoms with E-state index in [1.54, 1.807) is 0 Å². The van der Waals surface area contributed by atoms with Crippen molar-refractivity contribution in [2.45, 2.75) is 12.8 Å². The number of benzene rings is 1. The van der Waals surface area contributed by atoms with Gasteiger partial charge in [-0.3, -0.25) is 0 Å². The van der Waals surface area contributed by atoms with Crippen molar-refractivity contribution in [3.05, 3.63) is 29.8 Å². The third-order valence-corrected chi connectivity index (χ3v) is 4.08. The van der Waals surface area contributed by atoms with E-state index in [-0.39, 0.29) is 0 Å². The van der Waals surface area contributed by atoms with Gasteiger partial charge in [-0.2, -0.15) is 5.26 Å². The highest BCUT2D eigenvalue weighted by atomic mass is 15.2. The van der Waals surface area contributed by atoms with Crippen LogP contribution >= 0.6 is 0 Å². The van der Waals surface area contributed by atoms with E-state index in [4.69, 9.17) is 5.26 Å². The van der Waals surface area contributed by atoms with Crippen LogP contribution in [0.4, 0.5) is 5.69 Å². The van der Waals surface area contributed by atoms with Crippen molar-refractivity contribution in [2.24, 2.45) is 5.41 Å². The highest BCUT2D eigenvalue weighted by Gasteiger charge is 2.43. The minimum atomic E-state index is 0.569. The van der Waals surface area contributed by atoms with E-state index < -0.39 is 0 Å². The van der Waals surface area contributed by atoms with Gasteiger partial charge in [-0.15, -0.1) is 0 Å². The zero-order chi connectivity index (χ0) is 11.7. The van der Waals surface area contributed by atoms with E-state index in [9.17, 15) is 0 Å². The molecule has 17 heavy (non-hydrogen) atoms. The molecule has 1 N–H and O–H groups in total. The fraction of sp³-hybridized carbons (Fsp3) is 0.500. The number of nitrogens with one attached hydrogen (secondary N) is 1. The van der Waals surface area contributed by atoms with Crippen molar-refractivity contribution >= 4 is 5.69 Å². The summed E-state index contributed by atoms with van der Waals surface area (Å²) in [5, 5.41) is 12.2. The summed E-state index contributed by atoms with van der Waals surface area (Å²) in [7, 11) is 0. The Bertz CT molecular complexity index is 430. The number of anilines is 1. The molecule has 2 aliphatic heterocycles. The Morgan fingerprint density at radius 3 is 2.35 bits per heavy atom. The number of nitriles is 1. The maximum absolute atomic E-state index is 8.77. The molecule has 1 aromatic rings. The summed E-state index contributed by atoms with van der Waals surface area (Å²) in [6, 6.07) is 10.1. The molecular weight excluding hydrogens is 210 g/mol. The third kappa shape index (κ3) is 1.89. The zero-order valence-corrected chi connectivity index (χ0v) is 9.95. The van der Waals surface area contributed by atoms with Gasteiger partial charge < -0.3 is 10.2 Å². The molecule has 2 aliphatic rings. The second-order valence-corrected chi connectivity index (χ2v) is 5.26. The van der Waals surface area contributed by atoms with Crippen molar-refractivity contribution in [3.8, 4) is 6.07 Å². The lowest BCUT2D eigenvalue weighted by Crippen LogP contribution is -2.60. The van der Waals surface area contributed by atoms with E-state index in [1.807, 2.05) is 12.1 Å². The average Bonchev–Trinajstić information content (AvgIpc) is 2.37. The molecule has 0 aliphatic carbocycles. The lowest BCUT2D eigenvalue weighted by Gasteiger charge is -2.53. The molecule has 0 aromatic heterocycles. The van der Waals surface area contributed by atoms with Crippen LogP contribution in [0.25, 0.3) is 0 Å². The predicted molar refractivity (Wildman–Crippen MR) is 67.9 cm³/mol. The van der Waals surface area contributed by atoms with Gasteiger partial charge in [0.1, 0.15) is 0 Å². The number of hydrogen-bond acceptors (Lipinski definition) is 3. The molecular formula is C14H17N3. The molecule has 0 unspecified atom stereocenters. The number of piperidine rings is 1. The maximum Gasteiger partial charge on any atom is 0.0991 e. The van der Waals surface area contributed by atoms with E-state index in [1.165, 1.54) is 44.7 Å². The fourth-order valence-electron chi connectivity index (χ4n) is 2.97. The summed E-state index contributed by atoms with van der Waals surface area (Å²) < 4.78 is 0. The van der Waals surface area contributed by atoms with Gasteiger partial charge in [-0.05, 0) is 50.2 Å². The van der Waals surface area contributed by atoms with Crippen LogP contribution in [0.5, 0.6) is 0 Å². The van der Waals surface area contributed by atoms with Gasteiger partial charge in [0.05, 0.1) is 11.6 Å². The minimum absolute atomic E-state index is 0.569. The Kier molecular flexibility index (Phi) is 2.53. The summed E-state index contributed by atoms with van der Waals surface area (Å²) in [5.74, 6) is 0. The van der Waals surface area contributed by atoms with E-state index in [2.05, 4.69) is 28.4 Å². The van der Waals surface area contributed by atoms with Gasteiger partial charge in [0.15, 0.2) is 0 Å². The first-order valence-corrected chi connectivity index (χ1v) is 6.27. The lowest BCUT2D eigenvalue weighted by molar-refractivity contribution is 0.150. The van der Waals surface area contributed by atoms with Crippen LogP contribution in [-0.2, 0) is 0 Å². The molecule has 2 saturated heterocycles. The Morgan fingerprint density at radius 2 is 1.76 bits per heavy atom. The normalized spacial score (nSPS) is 21.9. The predicted octanol–water partition coefficient (Wildman–Crippen LogP) is 1.75. The number of rotatable bonds is 1. The van der Waals surface area contributed by atoms with Crippen LogP contribution in [0.15, 0.2) is 24.3 Å². The Balaban J connectivity index is 1.66. The van der Waals surface area contributed by atoms with Crippen LogP contribution in [-0.4, -0.2) is 26.2 Å². The van der Waals surface area contributed by atoms with Gasteiger partial charge >= 0.3 is 0 Å². The van der Waals surface area contributed by atoms with E-state index >= 15 is 0 Å². The van der Waals surface area contributed by atoms with Gasteiger partial charge in [-0.1, -0.05) is 0 Å². The average molecular weight is 227 g/mol. The second kappa shape index (κ2) is 4.05. The van der Waals surface area contributed by atoms with Crippen molar-refractivity contribution in [1.29, 1.82) is 5.26 Å². The van der Waals surface area contributed by atoms with Crippen molar-refractivity contribution in [3.63, 3.8) is 0 Å². The van der Waals surface area contributed by atoms with Crippen molar-refractivity contribution in [1.82, 2.24) is 5.32 Å². The van der Waals surface area contributed by atoms with Gasteiger partial charge in [-0.25, -0.2) is 0 Å². The van der Waals surface area contributed by atoms with Crippen LogP contribution in [0, 0.1) is 16.7 Å². The molecule has 3 nitrogen and oxygen atoms in total. The Hall–Kier alpha value is -1.53. The molecule has 0 saturated carbocycles. The summed E-state index contributed by atoms with van der Waals surface area (Å²) in [6.07, 6.45) is 2.61. The first-order chi connectivity index (χ1) is 8.31. The Labute approximate surface area is 102 Å². The van der Waals surface area contributed by atoms with Gasteiger partial charge in [0.2, 0.25) is 0 Å². The quantitative estimate of drug-likeness (QED) is 0.794. The summed E-state index contributed by atoms with van der Waals surface area (Å²) in [6.45, 7) is 4.70. The molecule has 1 spiro atoms. The monoisotopic (exact) mass is 227 g/mol. The van der Waals surface area contributed by atoms with Crippen LogP contribution in [0.2, 0.25) is 0 Å². The van der Waals surface area contributed by atoms with E-state index in [0.29, 0.717) is 5.41 Å². The van der Waals surface area contributed by atoms with Crippen LogP contribution < -0.4 is 10.2 Å². The summed E-state index contributed by atoms with van der Waals surface area (Å²) >= 11 is 0. The molecule has 1 aromatic carbocycles. The first-order valence-electron chi connectivity index (χ1n) is 6.27. The number of hydrogen-bond donors (Lipinski definition) is 1. The fourth-order valence-corrected chi connectivity index (χ4v) is 2.97. The second-order valence-electron chi connectivity index (χ2n) is 5.26. The first kappa shape index (κ1) is 10.6. The standard InChI is InChI=1S/C14H17N3/c15-9-12-1-3-13(4-2-12)17-10-14(11-17)5-7-16-8-6-14/h1-4,16H,5-8,10-11H2. The van der Waals surface area contributed by atoms with Crippen LogP contribution in [0.1, 0.15) is 18.4 Å². The topological polar surface area (TPSA) is 39.1 Å². The molecule has 2 heterocycles. The molecule has 88 valence electrons. The van der Waals surface area contributed by atoms with Crippen LogP contribution in [0.3, 0.4) is 0 Å². The minimum Gasteiger partial charge on any atom is -0.370 e. The third-order valence-electron chi connectivity index (χ3n) is 4.08. The van der Waals surface area contributed by atoms with Gasteiger partial charge in [0.25, 0.3) is 0 Å². The van der Waals surface area contributed by atoms with Crippen molar-refractivity contribution < 1.29 is 0 Å². The maximum atomic E-state index is 8.77.